The standard InChI is InChI=1S/C16H16BrClN4O/c17-13-9-20-22-6-5-15(21-16(13)22)19-8-11(10-23)7-12-3-1-2-4-14(12)18/h1-6,9,11,23H,7-8,10H2,(H,19,21). The van der Waals surface area contributed by atoms with Crippen LogP contribution in [0.3, 0.4) is 0 Å². The smallest absolute Gasteiger partial charge is 0.171 e. The zero-order valence-corrected chi connectivity index (χ0v) is 14.6. The molecule has 1 aromatic carbocycles. The maximum Gasteiger partial charge on any atom is 0.171 e. The van der Waals surface area contributed by atoms with Crippen molar-refractivity contribution in [3.05, 3.63) is 57.8 Å². The number of aliphatic hydroxyl groups excluding tert-OH is 1. The van der Waals surface area contributed by atoms with Gasteiger partial charge in [0.2, 0.25) is 0 Å². The number of aliphatic hydroxyl groups is 1. The molecule has 0 saturated heterocycles. The highest BCUT2D eigenvalue weighted by Crippen LogP contribution is 2.20. The molecule has 1 atom stereocenters. The second kappa shape index (κ2) is 7.29. The number of benzene rings is 1. The first-order valence-corrected chi connectivity index (χ1v) is 8.42. The third-order valence-electron chi connectivity index (χ3n) is 3.62. The first kappa shape index (κ1) is 16.2. The molecule has 2 aromatic heterocycles. The molecule has 0 amide bonds. The monoisotopic (exact) mass is 394 g/mol. The van der Waals surface area contributed by atoms with Crippen LogP contribution >= 0.6 is 27.5 Å². The summed E-state index contributed by atoms with van der Waals surface area (Å²) >= 11 is 9.60. The van der Waals surface area contributed by atoms with Crippen LogP contribution < -0.4 is 5.32 Å². The van der Waals surface area contributed by atoms with Gasteiger partial charge in [-0.05, 0) is 40.0 Å². The predicted octanol–water partition coefficient (Wildman–Crippen LogP) is 3.41. The average molecular weight is 396 g/mol. The summed E-state index contributed by atoms with van der Waals surface area (Å²) in [5, 5.41) is 17.8. The number of nitrogens with zero attached hydrogens (tertiary/aromatic N) is 3. The topological polar surface area (TPSA) is 62.5 Å². The number of hydrogen-bond acceptors (Lipinski definition) is 4. The first-order chi connectivity index (χ1) is 11.2. The van der Waals surface area contributed by atoms with Crippen molar-refractivity contribution in [2.75, 3.05) is 18.5 Å². The predicted molar refractivity (Wildman–Crippen MR) is 94.9 cm³/mol. The zero-order valence-electron chi connectivity index (χ0n) is 12.3. The Bertz CT molecular complexity index is 808. The minimum absolute atomic E-state index is 0.0567. The molecule has 3 rings (SSSR count). The number of halogens is 2. The molecule has 2 heterocycles. The van der Waals surface area contributed by atoms with E-state index in [2.05, 4.69) is 31.3 Å². The molecule has 0 bridgehead atoms. The lowest BCUT2D eigenvalue weighted by Gasteiger charge is -2.16. The van der Waals surface area contributed by atoms with Crippen LogP contribution in [0, 0.1) is 5.92 Å². The van der Waals surface area contributed by atoms with Gasteiger partial charge in [-0.15, -0.1) is 0 Å². The van der Waals surface area contributed by atoms with Crippen LogP contribution in [-0.2, 0) is 6.42 Å². The molecule has 3 aromatic rings. The number of fused-ring (bicyclic) bond motifs is 1. The lowest BCUT2D eigenvalue weighted by molar-refractivity contribution is 0.232. The van der Waals surface area contributed by atoms with E-state index < -0.39 is 0 Å². The highest BCUT2D eigenvalue weighted by Gasteiger charge is 2.11. The van der Waals surface area contributed by atoms with E-state index in [1.165, 1.54) is 0 Å². The van der Waals surface area contributed by atoms with E-state index in [-0.39, 0.29) is 12.5 Å². The van der Waals surface area contributed by atoms with Crippen molar-refractivity contribution in [1.82, 2.24) is 14.6 Å². The number of nitrogens with one attached hydrogen (secondary N) is 1. The van der Waals surface area contributed by atoms with Gasteiger partial charge in [0.1, 0.15) is 5.82 Å². The summed E-state index contributed by atoms with van der Waals surface area (Å²) < 4.78 is 2.54. The molecule has 5 nitrogen and oxygen atoms in total. The lowest BCUT2D eigenvalue weighted by atomic mass is 10.00. The van der Waals surface area contributed by atoms with Gasteiger partial charge in [-0.3, -0.25) is 0 Å². The summed E-state index contributed by atoms with van der Waals surface area (Å²) in [6.07, 6.45) is 4.26. The Morgan fingerprint density at radius 3 is 2.91 bits per heavy atom. The maximum absolute atomic E-state index is 9.61. The number of rotatable bonds is 6. The van der Waals surface area contributed by atoms with Gasteiger partial charge in [0, 0.05) is 30.3 Å². The van der Waals surface area contributed by atoms with Gasteiger partial charge in [-0.2, -0.15) is 5.10 Å². The molecule has 0 aliphatic rings. The van der Waals surface area contributed by atoms with Gasteiger partial charge in [-0.1, -0.05) is 29.8 Å². The van der Waals surface area contributed by atoms with Crippen molar-refractivity contribution in [3.8, 4) is 0 Å². The molecular weight excluding hydrogens is 380 g/mol. The second-order valence-electron chi connectivity index (χ2n) is 5.30. The SMILES string of the molecule is OCC(CNc1ccn2ncc(Br)c2n1)Cc1ccccc1Cl. The molecule has 120 valence electrons. The van der Waals surface area contributed by atoms with E-state index in [9.17, 15) is 5.11 Å². The zero-order chi connectivity index (χ0) is 16.2. The van der Waals surface area contributed by atoms with Gasteiger partial charge in [-0.25, -0.2) is 9.50 Å². The van der Waals surface area contributed by atoms with E-state index in [1.807, 2.05) is 36.5 Å². The molecule has 0 fully saturated rings. The second-order valence-corrected chi connectivity index (χ2v) is 6.56. The van der Waals surface area contributed by atoms with E-state index in [0.29, 0.717) is 13.0 Å². The Labute approximate surface area is 147 Å². The van der Waals surface area contributed by atoms with E-state index in [1.54, 1.807) is 10.7 Å². The Balaban J connectivity index is 1.67. The third-order valence-corrected chi connectivity index (χ3v) is 4.55. The largest absolute Gasteiger partial charge is 0.396 e. The van der Waals surface area contributed by atoms with Gasteiger partial charge in [0.05, 0.1) is 10.7 Å². The Kier molecular flexibility index (Phi) is 5.15. The van der Waals surface area contributed by atoms with Crippen LogP contribution in [0.1, 0.15) is 5.56 Å². The first-order valence-electron chi connectivity index (χ1n) is 7.25. The van der Waals surface area contributed by atoms with Crippen molar-refractivity contribution in [1.29, 1.82) is 0 Å². The molecule has 0 aliphatic heterocycles. The summed E-state index contributed by atoms with van der Waals surface area (Å²) in [5.41, 5.74) is 1.79. The van der Waals surface area contributed by atoms with Gasteiger partial charge in [0.15, 0.2) is 5.65 Å². The van der Waals surface area contributed by atoms with Gasteiger partial charge < -0.3 is 10.4 Å². The van der Waals surface area contributed by atoms with Crippen LogP contribution in [-0.4, -0.2) is 32.9 Å². The molecular formula is C16H16BrClN4O. The minimum atomic E-state index is 0.0567. The van der Waals surface area contributed by atoms with Crippen molar-refractivity contribution in [2.45, 2.75) is 6.42 Å². The van der Waals surface area contributed by atoms with Crippen molar-refractivity contribution in [3.63, 3.8) is 0 Å². The van der Waals surface area contributed by atoms with Crippen LogP contribution in [0.2, 0.25) is 5.02 Å². The van der Waals surface area contributed by atoms with Crippen LogP contribution in [0.4, 0.5) is 5.82 Å². The highest BCUT2D eigenvalue weighted by molar-refractivity contribution is 9.10. The quantitative estimate of drug-likeness (QED) is 0.671. The molecule has 0 spiro atoms. The Morgan fingerprint density at radius 2 is 2.13 bits per heavy atom. The lowest BCUT2D eigenvalue weighted by Crippen LogP contribution is -2.21. The van der Waals surface area contributed by atoms with E-state index >= 15 is 0 Å². The van der Waals surface area contributed by atoms with E-state index in [4.69, 9.17) is 11.6 Å². The molecule has 7 heteroatoms. The van der Waals surface area contributed by atoms with E-state index in [0.717, 1.165) is 26.5 Å². The number of anilines is 1. The fraction of sp³-hybridized carbons (Fsp3) is 0.250. The minimum Gasteiger partial charge on any atom is -0.396 e. The highest BCUT2D eigenvalue weighted by atomic mass is 79.9. The van der Waals surface area contributed by atoms with Crippen LogP contribution in [0.15, 0.2) is 47.2 Å². The summed E-state index contributed by atoms with van der Waals surface area (Å²) in [4.78, 5) is 4.50. The van der Waals surface area contributed by atoms with Crippen molar-refractivity contribution >= 4 is 39.0 Å². The fourth-order valence-electron chi connectivity index (χ4n) is 2.36. The molecule has 1 unspecified atom stereocenters. The summed E-state index contributed by atoms with van der Waals surface area (Å²) in [6, 6.07) is 9.57. The summed E-state index contributed by atoms with van der Waals surface area (Å²) in [5.74, 6) is 0.803. The number of hydrogen-bond donors (Lipinski definition) is 2. The van der Waals surface area contributed by atoms with Crippen molar-refractivity contribution < 1.29 is 5.11 Å². The van der Waals surface area contributed by atoms with Crippen LogP contribution in [0.5, 0.6) is 0 Å². The molecule has 2 N–H and O–H groups in total. The van der Waals surface area contributed by atoms with Crippen molar-refractivity contribution in [2.24, 2.45) is 5.92 Å². The Hall–Kier alpha value is -1.63. The third kappa shape index (κ3) is 3.83. The normalized spacial score (nSPS) is 12.5. The number of aromatic nitrogens is 3. The molecule has 23 heavy (non-hydrogen) atoms. The molecule has 0 radical (unpaired) electrons. The van der Waals surface area contributed by atoms with Crippen LogP contribution in [0.25, 0.3) is 5.65 Å². The van der Waals surface area contributed by atoms with Gasteiger partial charge >= 0.3 is 0 Å². The fourth-order valence-corrected chi connectivity index (χ4v) is 2.94. The summed E-state index contributed by atoms with van der Waals surface area (Å²) in [6.45, 7) is 0.688. The molecule has 0 aliphatic carbocycles. The average Bonchev–Trinajstić information content (AvgIpc) is 2.94. The Morgan fingerprint density at radius 1 is 1.30 bits per heavy atom. The summed E-state index contributed by atoms with van der Waals surface area (Å²) in [7, 11) is 0. The maximum atomic E-state index is 9.61. The molecule has 0 saturated carbocycles. The van der Waals surface area contributed by atoms with Gasteiger partial charge in [0.25, 0.3) is 0 Å².